The zero-order chi connectivity index (χ0) is 12.2. The summed E-state index contributed by atoms with van der Waals surface area (Å²) in [4.78, 5) is 11.3. The zero-order valence-corrected chi connectivity index (χ0v) is 9.94. The summed E-state index contributed by atoms with van der Waals surface area (Å²) in [6, 6.07) is -0.722. The zero-order valence-electron chi connectivity index (χ0n) is 9.94. The molecule has 0 saturated heterocycles. The Morgan fingerprint density at radius 2 is 1.73 bits per heavy atom. The normalized spacial score (nSPS) is 14.2. The van der Waals surface area contributed by atoms with Crippen molar-refractivity contribution in [3.8, 4) is 0 Å². The molecule has 0 aromatic carbocycles. The molecule has 3 N–H and O–H groups in total. The van der Waals surface area contributed by atoms with Gasteiger partial charge in [-0.3, -0.25) is 0 Å². The number of aliphatic hydroxyl groups is 2. The number of nitrogens with one attached hydrogen (secondary N) is 1. The molecule has 5 nitrogen and oxygen atoms in total. The molecule has 1 amide bonds. The molecule has 0 spiro atoms. The maximum absolute atomic E-state index is 11.3. The van der Waals surface area contributed by atoms with Gasteiger partial charge in [-0.15, -0.1) is 0 Å². The molecule has 0 aliphatic carbocycles. The Balaban J connectivity index is 4.25. The number of rotatable bonds is 3. The third kappa shape index (κ3) is 6.30. The second-order valence-corrected chi connectivity index (χ2v) is 4.83. The van der Waals surface area contributed by atoms with E-state index in [0.29, 0.717) is 0 Å². The van der Waals surface area contributed by atoms with Gasteiger partial charge in [-0.25, -0.2) is 4.79 Å². The average molecular weight is 219 g/mol. The van der Waals surface area contributed by atoms with Crippen LogP contribution in [0.3, 0.4) is 0 Å². The number of carbonyl (C=O) groups excluding carboxylic acids is 1. The summed E-state index contributed by atoms with van der Waals surface area (Å²) in [5.74, 6) is -0.0856. The number of carbonyl (C=O) groups is 1. The molecule has 0 radical (unpaired) electrons. The van der Waals surface area contributed by atoms with Gasteiger partial charge in [0.25, 0.3) is 0 Å². The lowest BCUT2D eigenvalue weighted by atomic mass is 10.0. The molecule has 90 valence electrons. The van der Waals surface area contributed by atoms with Gasteiger partial charge in [0.15, 0.2) is 6.29 Å². The van der Waals surface area contributed by atoms with Crippen LogP contribution < -0.4 is 5.32 Å². The second-order valence-electron chi connectivity index (χ2n) is 4.83. The topological polar surface area (TPSA) is 78.8 Å². The maximum Gasteiger partial charge on any atom is 0.408 e. The smallest absolute Gasteiger partial charge is 0.408 e. The van der Waals surface area contributed by atoms with Gasteiger partial charge in [0, 0.05) is 0 Å². The van der Waals surface area contributed by atoms with Gasteiger partial charge >= 0.3 is 6.09 Å². The molecule has 0 aliphatic heterocycles. The standard InChI is InChI=1S/C10H21NO4/c1-6(2)7(8(12)13)11-9(14)15-10(3,4)5/h6-8,12-13H,1-5H3,(H,11,14)/t7-/m0/s1. The van der Waals surface area contributed by atoms with Gasteiger partial charge in [-0.1, -0.05) is 13.8 Å². The Morgan fingerprint density at radius 3 is 2.00 bits per heavy atom. The molecule has 0 bridgehead atoms. The van der Waals surface area contributed by atoms with E-state index in [1.807, 2.05) is 0 Å². The van der Waals surface area contributed by atoms with E-state index in [2.05, 4.69) is 5.32 Å². The van der Waals surface area contributed by atoms with Crippen molar-refractivity contribution >= 4 is 6.09 Å². The van der Waals surface area contributed by atoms with E-state index in [1.54, 1.807) is 34.6 Å². The average Bonchev–Trinajstić information content (AvgIpc) is 1.95. The van der Waals surface area contributed by atoms with Gasteiger partial charge in [0.2, 0.25) is 0 Å². The maximum atomic E-state index is 11.3. The Bertz CT molecular complexity index is 200. The summed E-state index contributed by atoms with van der Waals surface area (Å²) >= 11 is 0. The fourth-order valence-corrected chi connectivity index (χ4v) is 1.03. The van der Waals surface area contributed by atoms with Crippen LogP contribution in [0, 0.1) is 5.92 Å². The summed E-state index contributed by atoms with van der Waals surface area (Å²) < 4.78 is 5.00. The van der Waals surface area contributed by atoms with Crippen LogP contribution >= 0.6 is 0 Å². The third-order valence-corrected chi connectivity index (χ3v) is 1.72. The molecule has 15 heavy (non-hydrogen) atoms. The first-order valence-corrected chi connectivity index (χ1v) is 4.99. The van der Waals surface area contributed by atoms with Crippen LogP contribution in [0.4, 0.5) is 4.79 Å². The molecule has 0 unspecified atom stereocenters. The van der Waals surface area contributed by atoms with Crippen LogP contribution in [0.5, 0.6) is 0 Å². The minimum absolute atomic E-state index is 0.0856. The molecular weight excluding hydrogens is 198 g/mol. The molecule has 0 heterocycles. The van der Waals surface area contributed by atoms with E-state index in [0.717, 1.165) is 0 Å². The van der Waals surface area contributed by atoms with E-state index in [4.69, 9.17) is 14.9 Å². The molecule has 0 aliphatic rings. The second kappa shape index (κ2) is 5.32. The van der Waals surface area contributed by atoms with Crippen LogP contribution in [0.2, 0.25) is 0 Å². The van der Waals surface area contributed by atoms with Crippen LogP contribution in [-0.2, 0) is 4.74 Å². The molecule has 0 rings (SSSR count). The van der Waals surface area contributed by atoms with Crippen molar-refractivity contribution in [1.82, 2.24) is 5.32 Å². The summed E-state index contributed by atoms with van der Waals surface area (Å²) in [6.07, 6.45) is -2.23. The lowest BCUT2D eigenvalue weighted by molar-refractivity contribution is -0.0783. The Labute approximate surface area is 90.4 Å². The monoisotopic (exact) mass is 219 g/mol. The number of aliphatic hydroxyl groups excluding tert-OH is 1. The largest absolute Gasteiger partial charge is 0.444 e. The first-order valence-electron chi connectivity index (χ1n) is 4.99. The highest BCUT2D eigenvalue weighted by molar-refractivity contribution is 5.68. The Morgan fingerprint density at radius 1 is 1.27 bits per heavy atom. The summed E-state index contributed by atoms with van der Waals surface area (Å²) in [7, 11) is 0. The molecule has 5 heteroatoms. The number of alkyl carbamates (subject to hydrolysis) is 1. The highest BCUT2D eigenvalue weighted by Crippen LogP contribution is 2.09. The number of ether oxygens (including phenoxy) is 1. The fraction of sp³-hybridized carbons (Fsp3) is 0.900. The number of amides is 1. The lowest BCUT2D eigenvalue weighted by Crippen LogP contribution is -2.48. The van der Waals surface area contributed by atoms with Crippen molar-refractivity contribution in [2.45, 2.75) is 52.6 Å². The van der Waals surface area contributed by atoms with E-state index in [-0.39, 0.29) is 5.92 Å². The minimum atomic E-state index is -1.59. The number of hydrogen-bond donors (Lipinski definition) is 3. The van der Waals surface area contributed by atoms with Crippen molar-refractivity contribution in [2.24, 2.45) is 5.92 Å². The van der Waals surface area contributed by atoms with Crippen molar-refractivity contribution in [3.63, 3.8) is 0 Å². The third-order valence-electron chi connectivity index (χ3n) is 1.72. The van der Waals surface area contributed by atoms with Crippen molar-refractivity contribution in [2.75, 3.05) is 0 Å². The van der Waals surface area contributed by atoms with E-state index < -0.39 is 24.0 Å². The van der Waals surface area contributed by atoms with Gasteiger partial charge in [-0.05, 0) is 26.7 Å². The van der Waals surface area contributed by atoms with Crippen molar-refractivity contribution in [3.05, 3.63) is 0 Å². The molecule has 0 aromatic heterocycles. The van der Waals surface area contributed by atoms with E-state index >= 15 is 0 Å². The van der Waals surface area contributed by atoms with E-state index in [1.165, 1.54) is 0 Å². The minimum Gasteiger partial charge on any atom is -0.444 e. The Hall–Kier alpha value is -0.810. The quantitative estimate of drug-likeness (QED) is 0.615. The molecule has 0 fully saturated rings. The summed E-state index contributed by atoms with van der Waals surface area (Å²) in [5, 5.41) is 20.4. The van der Waals surface area contributed by atoms with Crippen molar-refractivity contribution in [1.29, 1.82) is 0 Å². The van der Waals surface area contributed by atoms with Crippen molar-refractivity contribution < 1.29 is 19.7 Å². The van der Waals surface area contributed by atoms with Gasteiger partial charge in [-0.2, -0.15) is 0 Å². The van der Waals surface area contributed by atoms with Crippen LogP contribution in [-0.4, -0.2) is 34.2 Å². The predicted octanol–water partition coefficient (Wildman–Crippen LogP) is 0.846. The first kappa shape index (κ1) is 14.2. The molecule has 0 saturated carbocycles. The molecule has 0 aromatic rings. The van der Waals surface area contributed by atoms with Crippen LogP contribution in [0.1, 0.15) is 34.6 Å². The first-order chi connectivity index (χ1) is 6.63. The molecular formula is C10H21NO4. The van der Waals surface area contributed by atoms with Crippen LogP contribution in [0.25, 0.3) is 0 Å². The lowest BCUT2D eigenvalue weighted by Gasteiger charge is -2.26. The molecule has 1 atom stereocenters. The summed E-state index contributed by atoms with van der Waals surface area (Å²) in [5.41, 5.74) is -0.591. The van der Waals surface area contributed by atoms with Gasteiger partial charge in [0.05, 0.1) is 6.04 Å². The highest BCUT2D eigenvalue weighted by Gasteiger charge is 2.25. The number of hydrogen-bond acceptors (Lipinski definition) is 4. The predicted molar refractivity (Wildman–Crippen MR) is 56.2 cm³/mol. The van der Waals surface area contributed by atoms with E-state index in [9.17, 15) is 4.79 Å². The van der Waals surface area contributed by atoms with Crippen LogP contribution in [0.15, 0.2) is 0 Å². The van der Waals surface area contributed by atoms with Gasteiger partial charge in [0.1, 0.15) is 5.60 Å². The Kier molecular flexibility index (Phi) is 5.03. The SMILES string of the molecule is CC(C)[C@H](NC(=O)OC(C)(C)C)C(O)O. The van der Waals surface area contributed by atoms with Gasteiger partial charge < -0.3 is 20.3 Å². The highest BCUT2D eigenvalue weighted by atomic mass is 16.6. The fourth-order valence-electron chi connectivity index (χ4n) is 1.03. The summed E-state index contributed by atoms with van der Waals surface area (Å²) in [6.45, 7) is 8.79.